The van der Waals surface area contributed by atoms with Gasteiger partial charge >= 0.3 is 0 Å². The summed E-state index contributed by atoms with van der Waals surface area (Å²) in [4.78, 5) is 27.3. The number of rotatable bonds is 10. The van der Waals surface area contributed by atoms with E-state index < -0.39 is 6.04 Å². The molecule has 0 bridgehead atoms. The van der Waals surface area contributed by atoms with Crippen molar-refractivity contribution in [2.75, 3.05) is 6.61 Å². The molecule has 0 aliphatic carbocycles. The summed E-state index contributed by atoms with van der Waals surface area (Å²) in [5.41, 5.74) is 1.88. The highest BCUT2D eigenvalue weighted by molar-refractivity contribution is 9.10. The molecule has 2 atom stereocenters. The third-order valence-electron chi connectivity index (χ3n) is 5.41. The van der Waals surface area contributed by atoms with Gasteiger partial charge in [0.2, 0.25) is 5.91 Å². The normalized spacial score (nSPS) is 12.9. The van der Waals surface area contributed by atoms with Crippen LogP contribution in [0.15, 0.2) is 46.9 Å². The summed E-state index contributed by atoms with van der Waals surface area (Å²) in [6.07, 6.45) is 0.786. The minimum Gasteiger partial charge on any atom is -0.483 e. The van der Waals surface area contributed by atoms with E-state index in [1.54, 1.807) is 19.1 Å². The molecule has 2 aromatic carbocycles. The SMILES string of the molecule is CC[C@@H](C)NC(=O)[C@H](C)N(Cc1ccc(F)cc1)C(=O)COc1ccc(C(C)C)cc1Br. The number of amides is 2. The largest absolute Gasteiger partial charge is 0.483 e. The molecule has 0 saturated heterocycles. The van der Waals surface area contributed by atoms with E-state index in [0.29, 0.717) is 11.7 Å². The molecule has 0 radical (unpaired) electrons. The Hall–Kier alpha value is -2.41. The Kier molecular flexibility index (Phi) is 9.69. The lowest BCUT2D eigenvalue weighted by Crippen LogP contribution is -2.50. The van der Waals surface area contributed by atoms with Gasteiger partial charge in [0.15, 0.2) is 6.61 Å². The number of hydrogen-bond donors (Lipinski definition) is 1. The zero-order valence-corrected chi connectivity index (χ0v) is 20.9. The van der Waals surface area contributed by atoms with Gasteiger partial charge in [0.05, 0.1) is 4.47 Å². The van der Waals surface area contributed by atoms with Crippen LogP contribution in [0.2, 0.25) is 0 Å². The van der Waals surface area contributed by atoms with Crippen LogP contribution in [0, 0.1) is 5.82 Å². The number of carbonyl (C=O) groups is 2. The van der Waals surface area contributed by atoms with Crippen LogP contribution in [0.3, 0.4) is 0 Å². The highest BCUT2D eigenvalue weighted by Crippen LogP contribution is 2.29. The Labute approximate surface area is 198 Å². The molecule has 0 fully saturated rings. The van der Waals surface area contributed by atoms with Gasteiger partial charge in [-0.25, -0.2) is 4.39 Å². The molecule has 32 heavy (non-hydrogen) atoms. The van der Waals surface area contributed by atoms with Crippen molar-refractivity contribution in [2.24, 2.45) is 0 Å². The molecule has 7 heteroatoms. The van der Waals surface area contributed by atoms with Gasteiger partial charge in [-0.15, -0.1) is 0 Å². The zero-order valence-electron chi connectivity index (χ0n) is 19.3. The molecule has 2 amide bonds. The molecule has 1 N–H and O–H groups in total. The molecule has 0 aliphatic heterocycles. The van der Waals surface area contributed by atoms with Crippen molar-refractivity contribution in [3.8, 4) is 5.75 Å². The molecule has 174 valence electrons. The first-order valence-electron chi connectivity index (χ1n) is 10.9. The number of carbonyl (C=O) groups excluding carboxylic acids is 2. The van der Waals surface area contributed by atoms with Gasteiger partial charge in [-0.3, -0.25) is 9.59 Å². The minimum atomic E-state index is -0.711. The van der Waals surface area contributed by atoms with Crippen molar-refractivity contribution in [1.29, 1.82) is 0 Å². The highest BCUT2D eigenvalue weighted by Gasteiger charge is 2.27. The second kappa shape index (κ2) is 12.0. The minimum absolute atomic E-state index is 0.000555. The van der Waals surface area contributed by atoms with Crippen molar-refractivity contribution in [3.05, 3.63) is 63.9 Å². The van der Waals surface area contributed by atoms with E-state index in [-0.39, 0.29) is 36.8 Å². The summed E-state index contributed by atoms with van der Waals surface area (Å²) in [5.74, 6) is 0.00436. The number of benzene rings is 2. The number of nitrogens with zero attached hydrogens (tertiary/aromatic N) is 1. The number of ether oxygens (including phenoxy) is 1. The van der Waals surface area contributed by atoms with Gasteiger partial charge in [0.1, 0.15) is 17.6 Å². The molecule has 0 spiro atoms. The monoisotopic (exact) mass is 506 g/mol. The van der Waals surface area contributed by atoms with Crippen LogP contribution < -0.4 is 10.1 Å². The van der Waals surface area contributed by atoms with Crippen molar-refractivity contribution < 1.29 is 18.7 Å². The van der Waals surface area contributed by atoms with Crippen LogP contribution >= 0.6 is 15.9 Å². The fourth-order valence-corrected chi connectivity index (χ4v) is 3.56. The molecule has 0 aliphatic rings. The van der Waals surface area contributed by atoms with Gasteiger partial charge in [0, 0.05) is 12.6 Å². The quantitative estimate of drug-likeness (QED) is 0.467. The second-order valence-corrected chi connectivity index (χ2v) is 9.13. The summed E-state index contributed by atoms with van der Waals surface area (Å²) >= 11 is 3.50. The predicted molar refractivity (Wildman–Crippen MR) is 128 cm³/mol. The lowest BCUT2D eigenvalue weighted by molar-refractivity contribution is -0.142. The second-order valence-electron chi connectivity index (χ2n) is 8.28. The van der Waals surface area contributed by atoms with Crippen LogP contribution in [0.1, 0.15) is 58.1 Å². The van der Waals surface area contributed by atoms with Crippen molar-refractivity contribution in [3.63, 3.8) is 0 Å². The summed E-state index contributed by atoms with van der Waals surface area (Å²) in [5, 5.41) is 2.92. The molecule has 0 aromatic heterocycles. The van der Waals surface area contributed by atoms with E-state index in [2.05, 4.69) is 35.1 Å². The van der Waals surface area contributed by atoms with Gasteiger partial charge in [0.25, 0.3) is 5.91 Å². The van der Waals surface area contributed by atoms with E-state index in [4.69, 9.17) is 4.74 Å². The Morgan fingerprint density at radius 2 is 1.75 bits per heavy atom. The first kappa shape index (κ1) is 25.8. The van der Waals surface area contributed by atoms with Crippen molar-refractivity contribution >= 4 is 27.7 Å². The van der Waals surface area contributed by atoms with Crippen LogP contribution in [0.4, 0.5) is 4.39 Å². The standard InChI is InChI=1S/C25H32BrFN2O3/c1-6-17(4)28-25(31)18(5)29(14-19-7-10-21(27)11-8-19)24(30)15-32-23-12-9-20(16(2)3)13-22(23)26/h7-13,16-18H,6,14-15H2,1-5H3,(H,28,31)/t17-,18+/m1/s1. The highest BCUT2D eigenvalue weighted by atomic mass is 79.9. The number of halogens is 2. The molecule has 5 nitrogen and oxygen atoms in total. The third-order valence-corrected chi connectivity index (χ3v) is 6.03. The van der Waals surface area contributed by atoms with Gasteiger partial charge in [-0.1, -0.05) is 39.0 Å². The third kappa shape index (κ3) is 7.33. The number of nitrogens with one attached hydrogen (secondary N) is 1. The maximum Gasteiger partial charge on any atom is 0.261 e. The summed E-state index contributed by atoms with van der Waals surface area (Å²) in [6.45, 7) is 9.74. The lowest BCUT2D eigenvalue weighted by Gasteiger charge is -2.29. The summed E-state index contributed by atoms with van der Waals surface area (Å²) in [7, 11) is 0. The van der Waals surface area contributed by atoms with Crippen LogP contribution in [0.25, 0.3) is 0 Å². The summed E-state index contributed by atoms with van der Waals surface area (Å²) < 4.78 is 19.8. The molecule has 0 saturated carbocycles. The van der Waals surface area contributed by atoms with Crippen LogP contribution in [-0.4, -0.2) is 35.4 Å². The molecule has 0 unspecified atom stereocenters. The van der Waals surface area contributed by atoms with Gasteiger partial charge in [-0.05, 0) is 77.5 Å². The van der Waals surface area contributed by atoms with E-state index >= 15 is 0 Å². The van der Waals surface area contributed by atoms with E-state index in [1.165, 1.54) is 17.0 Å². The number of hydrogen-bond acceptors (Lipinski definition) is 3. The van der Waals surface area contributed by atoms with Crippen LogP contribution in [-0.2, 0) is 16.1 Å². The average Bonchev–Trinajstić information content (AvgIpc) is 2.76. The van der Waals surface area contributed by atoms with Crippen molar-refractivity contribution in [2.45, 2.75) is 65.6 Å². The Morgan fingerprint density at radius 3 is 2.31 bits per heavy atom. The maximum absolute atomic E-state index is 13.3. The Balaban J connectivity index is 2.17. The smallest absolute Gasteiger partial charge is 0.261 e. The van der Waals surface area contributed by atoms with E-state index in [1.807, 2.05) is 32.0 Å². The van der Waals surface area contributed by atoms with Gasteiger partial charge < -0.3 is 15.0 Å². The molecule has 0 heterocycles. The lowest BCUT2D eigenvalue weighted by atomic mass is 10.0. The Bertz CT molecular complexity index is 918. The molecule has 2 aromatic rings. The van der Waals surface area contributed by atoms with Crippen molar-refractivity contribution in [1.82, 2.24) is 10.2 Å². The van der Waals surface area contributed by atoms with Gasteiger partial charge in [-0.2, -0.15) is 0 Å². The first-order valence-corrected chi connectivity index (χ1v) is 11.7. The predicted octanol–water partition coefficient (Wildman–Crippen LogP) is 5.42. The molecule has 2 rings (SSSR count). The zero-order chi connectivity index (χ0) is 23.8. The summed E-state index contributed by atoms with van der Waals surface area (Å²) in [6, 6.07) is 11.0. The van der Waals surface area contributed by atoms with E-state index in [9.17, 15) is 14.0 Å². The van der Waals surface area contributed by atoms with Crippen LogP contribution in [0.5, 0.6) is 5.75 Å². The fourth-order valence-electron chi connectivity index (χ4n) is 3.05. The molecular formula is C25H32BrFN2O3. The van der Waals surface area contributed by atoms with E-state index in [0.717, 1.165) is 22.0 Å². The molecular weight excluding hydrogens is 475 g/mol. The maximum atomic E-state index is 13.3. The Morgan fingerprint density at radius 1 is 1.09 bits per heavy atom. The first-order chi connectivity index (χ1) is 15.1. The topological polar surface area (TPSA) is 58.6 Å². The fraction of sp³-hybridized carbons (Fsp3) is 0.440. The average molecular weight is 507 g/mol.